The van der Waals surface area contributed by atoms with Crippen LogP contribution >= 0.6 is 0 Å². The molecule has 0 bridgehead atoms. The second kappa shape index (κ2) is 7.06. The van der Waals surface area contributed by atoms with Crippen LogP contribution in [-0.2, 0) is 4.74 Å². The minimum atomic E-state index is -0.494. The molecule has 7 heteroatoms. The van der Waals surface area contributed by atoms with Crippen LogP contribution in [0.2, 0.25) is 0 Å². The number of ether oxygens (including phenoxy) is 1. The maximum atomic E-state index is 12.3. The molecule has 2 amide bonds. The normalized spacial score (nSPS) is 23.8. The smallest absolute Gasteiger partial charge is 0.407 e. The molecule has 1 aromatic rings. The van der Waals surface area contributed by atoms with Crippen LogP contribution < -0.4 is 10.6 Å². The first-order valence-corrected chi connectivity index (χ1v) is 9.07. The quantitative estimate of drug-likeness (QED) is 0.871. The van der Waals surface area contributed by atoms with Crippen molar-refractivity contribution in [1.29, 1.82) is 0 Å². The monoisotopic (exact) mass is 349 g/mol. The predicted octanol–water partition coefficient (Wildman–Crippen LogP) is 3.12. The van der Waals surface area contributed by atoms with Gasteiger partial charge >= 0.3 is 6.09 Å². The van der Waals surface area contributed by atoms with Gasteiger partial charge in [0, 0.05) is 24.1 Å². The average Bonchev–Trinajstić information content (AvgIpc) is 3.24. The fourth-order valence-corrected chi connectivity index (χ4v) is 3.07. The zero-order valence-electron chi connectivity index (χ0n) is 15.1. The Hall–Kier alpha value is -2.05. The zero-order valence-corrected chi connectivity index (χ0v) is 15.1. The summed E-state index contributed by atoms with van der Waals surface area (Å²) in [6, 6.07) is 1.95. The molecule has 2 saturated carbocycles. The van der Waals surface area contributed by atoms with E-state index in [1.54, 1.807) is 6.07 Å². The predicted molar refractivity (Wildman–Crippen MR) is 91.4 cm³/mol. The second-order valence-electron chi connectivity index (χ2n) is 8.06. The number of carbonyl (C=O) groups is 2. The standard InChI is InChI=1S/C18H27N3O4/c1-18(2,3)24-17(23)20-13-8-6-12(7-9-13)19-16(22)14-10-15(25-21-14)11-4-5-11/h10-13H,4-9H2,1-3H3,(H,19,22)(H,20,23). The molecule has 2 aliphatic rings. The van der Waals surface area contributed by atoms with Crippen molar-refractivity contribution < 1.29 is 18.8 Å². The number of nitrogens with zero attached hydrogens (tertiary/aromatic N) is 1. The summed E-state index contributed by atoms with van der Waals surface area (Å²) in [5.41, 5.74) is -0.137. The van der Waals surface area contributed by atoms with Crippen LogP contribution in [0.4, 0.5) is 4.79 Å². The fourth-order valence-electron chi connectivity index (χ4n) is 3.07. The van der Waals surface area contributed by atoms with Crippen molar-refractivity contribution in [2.75, 3.05) is 0 Å². The van der Waals surface area contributed by atoms with E-state index in [1.807, 2.05) is 20.8 Å². The Morgan fingerprint density at radius 1 is 1.08 bits per heavy atom. The molecule has 7 nitrogen and oxygen atoms in total. The molecule has 0 spiro atoms. The largest absolute Gasteiger partial charge is 0.444 e. The first kappa shape index (κ1) is 17.8. The van der Waals surface area contributed by atoms with Crippen molar-refractivity contribution in [1.82, 2.24) is 15.8 Å². The number of carbonyl (C=O) groups excluding carboxylic acids is 2. The van der Waals surface area contributed by atoms with E-state index < -0.39 is 5.60 Å². The maximum absolute atomic E-state index is 12.3. The molecule has 0 radical (unpaired) electrons. The van der Waals surface area contributed by atoms with Crippen LogP contribution in [0.25, 0.3) is 0 Å². The van der Waals surface area contributed by atoms with Gasteiger partial charge in [-0.3, -0.25) is 4.79 Å². The third-order valence-electron chi connectivity index (χ3n) is 4.52. The highest BCUT2D eigenvalue weighted by Gasteiger charge is 2.30. The lowest BCUT2D eigenvalue weighted by atomic mass is 9.91. The van der Waals surface area contributed by atoms with Crippen molar-refractivity contribution in [2.45, 2.75) is 82.9 Å². The van der Waals surface area contributed by atoms with Crippen molar-refractivity contribution in [3.8, 4) is 0 Å². The van der Waals surface area contributed by atoms with E-state index in [9.17, 15) is 9.59 Å². The highest BCUT2D eigenvalue weighted by molar-refractivity contribution is 5.92. The van der Waals surface area contributed by atoms with Crippen molar-refractivity contribution >= 4 is 12.0 Å². The summed E-state index contributed by atoms with van der Waals surface area (Å²) in [5, 5.41) is 9.79. The summed E-state index contributed by atoms with van der Waals surface area (Å²) in [5.74, 6) is 1.08. The zero-order chi connectivity index (χ0) is 18.0. The van der Waals surface area contributed by atoms with Crippen LogP contribution in [0.3, 0.4) is 0 Å². The average molecular weight is 349 g/mol. The summed E-state index contributed by atoms with van der Waals surface area (Å²) in [6.07, 6.45) is 5.12. The molecule has 0 aromatic carbocycles. The molecule has 1 aromatic heterocycles. The summed E-state index contributed by atoms with van der Waals surface area (Å²) < 4.78 is 10.5. The number of hydrogen-bond donors (Lipinski definition) is 2. The minimum absolute atomic E-state index is 0.0940. The Kier molecular flexibility index (Phi) is 5.01. The highest BCUT2D eigenvalue weighted by Crippen LogP contribution is 2.40. The van der Waals surface area contributed by atoms with Crippen LogP contribution in [0.15, 0.2) is 10.6 Å². The molecule has 0 atom stereocenters. The molecule has 1 heterocycles. The number of alkyl carbamates (subject to hydrolysis) is 1. The Labute approximate surface area is 147 Å². The van der Waals surface area contributed by atoms with E-state index in [4.69, 9.17) is 9.26 Å². The Morgan fingerprint density at radius 2 is 1.68 bits per heavy atom. The number of rotatable bonds is 4. The molecule has 25 heavy (non-hydrogen) atoms. The second-order valence-corrected chi connectivity index (χ2v) is 8.06. The number of nitrogens with one attached hydrogen (secondary N) is 2. The van der Waals surface area contributed by atoms with Crippen molar-refractivity contribution in [3.05, 3.63) is 17.5 Å². The minimum Gasteiger partial charge on any atom is -0.444 e. The van der Waals surface area contributed by atoms with Crippen molar-refractivity contribution in [3.63, 3.8) is 0 Å². The first-order chi connectivity index (χ1) is 11.8. The van der Waals surface area contributed by atoms with Crippen LogP contribution in [0.5, 0.6) is 0 Å². The maximum Gasteiger partial charge on any atom is 0.407 e. The lowest BCUT2D eigenvalue weighted by molar-refractivity contribution is 0.0488. The number of amides is 2. The number of aromatic nitrogens is 1. The van der Waals surface area contributed by atoms with Gasteiger partial charge in [-0.05, 0) is 59.3 Å². The molecule has 0 aliphatic heterocycles. The van der Waals surface area contributed by atoms with Gasteiger partial charge in [0.05, 0.1) is 0 Å². The lowest BCUT2D eigenvalue weighted by Crippen LogP contribution is -2.45. The molecule has 0 saturated heterocycles. The van der Waals surface area contributed by atoms with E-state index in [-0.39, 0.29) is 24.1 Å². The molecule has 2 fully saturated rings. The van der Waals surface area contributed by atoms with Gasteiger partial charge < -0.3 is 19.9 Å². The Bertz CT molecular complexity index is 623. The Morgan fingerprint density at radius 3 is 2.24 bits per heavy atom. The van der Waals surface area contributed by atoms with E-state index in [1.165, 1.54) is 0 Å². The SMILES string of the molecule is CC(C)(C)OC(=O)NC1CCC(NC(=O)c2cc(C3CC3)on2)CC1. The lowest BCUT2D eigenvalue weighted by Gasteiger charge is -2.30. The summed E-state index contributed by atoms with van der Waals surface area (Å²) >= 11 is 0. The Balaban J connectivity index is 1.41. The molecule has 3 rings (SSSR count). The van der Waals surface area contributed by atoms with Crippen LogP contribution in [0, 0.1) is 0 Å². The number of hydrogen-bond acceptors (Lipinski definition) is 5. The molecule has 2 aliphatic carbocycles. The topological polar surface area (TPSA) is 93.5 Å². The molecule has 138 valence electrons. The molecular formula is C18H27N3O4. The van der Waals surface area contributed by atoms with E-state index in [2.05, 4.69) is 15.8 Å². The fraction of sp³-hybridized carbons (Fsp3) is 0.722. The third-order valence-corrected chi connectivity index (χ3v) is 4.52. The van der Waals surface area contributed by atoms with Gasteiger partial charge in [0.1, 0.15) is 11.4 Å². The summed E-state index contributed by atoms with van der Waals surface area (Å²) in [7, 11) is 0. The molecule has 0 unspecified atom stereocenters. The first-order valence-electron chi connectivity index (χ1n) is 9.07. The van der Waals surface area contributed by atoms with Crippen LogP contribution in [0.1, 0.15) is 81.5 Å². The van der Waals surface area contributed by atoms with Gasteiger partial charge in [-0.1, -0.05) is 5.16 Å². The van der Waals surface area contributed by atoms with E-state index >= 15 is 0 Å². The van der Waals surface area contributed by atoms with Crippen molar-refractivity contribution in [2.24, 2.45) is 0 Å². The summed E-state index contributed by atoms with van der Waals surface area (Å²) in [6.45, 7) is 5.53. The molecule has 2 N–H and O–H groups in total. The van der Waals surface area contributed by atoms with Crippen LogP contribution in [-0.4, -0.2) is 34.8 Å². The van der Waals surface area contributed by atoms with Gasteiger partial charge in [0.2, 0.25) is 0 Å². The van der Waals surface area contributed by atoms with Gasteiger partial charge in [0.15, 0.2) is 5.69 Å². The highest BCUT2D eigenvalue weighted by atomic mass is 16.6. The molecular weight excluding hydrogens is 322 g/mol. The summed E-state index contributed by atoms with van der Waals surface area (Å²) in [4.78, 5) is 24.1. The third kappa shape index (κ3) is 5.21. The van der Waals surface area contributed by atoms with Gasteiger partial charge in [-0.2, -0.15) is 0 Å². The van der Waals surface area contributed by atoms with Gasteiger partial charge in [-0.15, -0.1) is 0 Å². The van der Waals surface area contributed by atoms with Gasteiger partial charge in [0.25, 0.3) is 5.91 Å². The van der Waals surface area contributed by atoms with E-state index in [0.29, 0.717) is 11.6 Å². The van der Waals surface area contributed by atoms with Gasteiger partial charge in [-0.25, -0.2) is 4.79 Å². The van der Waals surface area contributed by atoms with E-state index in [0.717, 1.165) is 44.3 Å².